The summed E-state index contributed by atoms with van der Waals surface area (Å²) in [7, 11) is 1.26. The van der Waals surface area contributed by atoms with Crippen LogP contribution in [0, 0.1) is 10.1 Å². The Morgan fingerprint density at radius 1 is 1.44 bits per heavy atom. The van der Waals surface area contributed by atoms with Gasteiger partial charge in [0.2, 0.25) is 5.17 Å². The fourth-order valence-electron chi connectivity index (χ4n) is 1.24. The Morgan fingerprint density at radius 3 is 2.56 bits per heavy atom. The predicted octanol–water partition coefficient (Wildman–Crippen LogP) is 1.60. The maximum absolute atomic E-state index is 11.7. The molecule has 0 N–H and O–H groups in total. The Labute approximate surface area is 109 Å². The molecule has 1 aromatic carbocycles. The second kappa shape index (κ2) is 6.75. The summed E-state index contributed by atoms with van der Waals surface area (Å²) in [6, 6.07) is 9.12. The molecular formula is C11H13N3O3S. The molecule has 0 atom stereocenters. The highest BCUT2D eigenvalue weighted by molar-refractivity contribution is 8.13. The summed E-state index contributed by atoms with van der Waals surface area (Å²) < 4.78 is 0. The van der Waals surface area contributed by atoms with E-state index in [4.69, 9.17) is 0 Å². The number of hydrogen-bond acceptors (Lipinski definition) is 4. The summed E-state index contributed by atoms with van der Waals surface area (Å²) in [4.78, 5) is 26.0. The van der Waals surface area contributed by atoms with Crippen LogP contribution in [0.15, 0.2) is 35.3 Å². The van der Waals surface area contributed by atoms with Crippen molar-refractivity contribution in [1.82, 2.24) is 5.01 Å². The minimum absolute atomic E-state index is 0.0703. The van der Waals surface area contributed by atoms with E-state index in [1.165, 1.54) is 7.05 Å². The van der Waals surface area contributed by atoms with Gasteiger partial charge in [-0.2, -0.15) is 4.99 Å². The topological polar surface area (TPSA) is 75.8 Å². The van der Waals surface area contributed by atoms with Crippen molar-refractivity contribution in [2.45, 2.75) is 6.42 Å². The Bertz CT molecular complexity index is 462. The van der Waals surface area contributed by atoms with Crippen LogP contribution in [0.25, 0.3) is 0 Å². The molecule has 0 radical (unpaired) electrons. The van der Waals surface area contributed by atoms with Crippen molar-refractivity contribution in [2.24, 2.45) is 4.99 Å². The lowest BCUT2D eigenvalue weighted by atomic mass is 10.1. The molecule has 1 rings (SSSR count). The number of nitrogens with zero attached hydrogens (tertiary/aromatic N) is 3. The second-order valence-corrected chi connectivity index (χ2v) is 4.19. The third-order valence-electron chi connectivity index (χ3n) is 2.12. The number of carbonyl (C=O) groups is 1. The first-order valence-electron chi connectivity index (χ1n) is 5.12. The van der Waals surface area contributed by atoms with E-state index in [-0.39, 0.29) is 11.6 Å². The first-order chi connectivity index (χ1) is 8.54. The Morgan fingerprint density at radius 2 is 2.06 bits per heavy atom. The first kappa shape index (κ1) is 14.2. The van der Waals surface area contributed by atoms with Crippen molar-refractivity contribution in [2.75, 3.05) is 13.3 Å². The minimum Gasteiger partial charge on any atom is -0.272 e. The molecule has 0 unspecified atom stereocenters. The van der Waals surface area contributed by atoms with E-state index in [9.17, 15) is 14.9 Å². The zero-order valence-electron chi connectivity index (χ0n) is 10.1. The van der Waals surface area contributed by atoms with Gasteiger partial charge in [0.1, 0.15) is 0 Å². The maximum atomic E-state index is 11.7. The largest absolute Gasteiger partial charge is 0.272 e. The lowest BCUT2D eigenvalue weighted by molar-refractivity contribution is -0.621. The normalized spacial score (nSPS) is 11.1. The van der Waals surface area contributed by atoms with Crippen LogP contribution in [-0.2, 0) is 11.2 Å². The number of thioether (sulfide) groups is 1. The molecule has 0 aliphatic rings. The van der Waals surface area contributed by atoms with Crippen LogP contribution in [0.5, 0.6) is 0 Å². The number of amides is 1. The molecular weight excluding hydrogens is 254 g/mol. The number of carbonyl (C=O) groups excluding carboxylic acids is 1. The van der Waals surface area contributed by atoms with E-state index in [0.717, 1.165) is 22.3 Å². The molecule has 0 saturated carbocycles. The van der Waals surface area contributed by atoms with Gasteiger partial charge in [0.25, 0.3) is 5.91 Å². The van der Waals surface area contributed by atoms with Gasteiger partial charge in [-0.25, -0.2) is 10.1 Å². The summed E-state index contributed by atoms with van der Waals surface area (Å²) in [6.07, 6.45) is 1.77. The number of hydrogen-bond donors (Lipinski definition) is 0. The number of benzene rings is 1. The predicted molar refractivity (Wildman–Crippen MR) is 70.9 cm³/mol. The van der Waals surface area contributed by atoms with Gasteiger partial charge in [0, 0.05) is 0 Å². The number of rotatable bonds is 3. The van der Waals surface area contributed by atoms with Gasteiger partial charge < -0.3 is 0 Å². The molecule has 0 aromatic heterocycles. The van der Waals surface area contributed by atoms with Crippen LogP contribution in [0.1, 0.15) is 5.56 Å². The summed E-state index contributed by atoms with van der Waals surface area (Å²) in [6.45, 7) is 0. The summed E-state index contributed by atoms with van der Waals surface area (Å²) in [5, 5.41) is 10.7. The first-order valence-corrected chi connectivity index (χ1v) is 6.34. The summed E-state index contributed by atoms with van der Waals surface area (Å²) >= 11 is 1.06. The van der Waals surface area contributed by atoms with E-state index >= 15 is 0 Å². The molecule has 18 heavy (non-hydrogen) atoms. The third-order valence-corrected chi connectivity index (χ3v) is 2.84. The molecule has 0 fully saturated rings. The lowest BCUT2D eigenvalue weighted by Gasteiger charge is -2.08. The SMILES string of the molecule is CSC(=NC(=O)Cc1ccccc1)N(C)[N+](=O)[O-]. The molecule has 1 amide bonds. The zero-order chi connectivity index (χ0) is 13.5. The highest BCUT2D eigenvalue weighted by Crippen LogP contribution is 2.06. The van der Waals surface area contributed by atoms with E-state index in [2.05, 4.69) is 4.99 Å². The lowest BCUT2D eigenvalue weighted by Crippen LogP contribution is -2.30. The van der Waals surface area contributed by atoms with Crippen molar-refractivity contribution in [3.63, 3.8) is 0 Å². The Kier molecular flexibility index (Phi) is 5.31. The molecule has 0 aliphatic carbocycles. The Hall–Kier alpha value is -1.89. The van der Waals surface area contributed by atoms with Crippen LogP contribution in [0.3, 0.4) is 0 Å². The molecule has 0 spiro atoms. The van der Waals surface area contributed by atoms with Gasteiger partial charge >= 0.3 is 0 Å². The van der Waals surface area contributed by atoms with Crippen LogP contribution < -0.4 is 0 Å². The highest BCUT2D eigenvalue weighted by atomic mass is 32.2. The van der Waals surface area contributed by atoms with Gasteiger partial charge in [0.15, 0.2) is 5.03 Å². The summed E-state index contributed by atoms with van der Waals surface area (Å²) in [5.41, 5.74) is 0.829. The van der Waals surface area contributed by atoms with Gasteiger partial charge in [-0.05, 0) is 11.8 Å². The fraction of sp³-hybridized carbons (Fsp3) is 0.273. The second-order valence-electron chi connectivity index (χ2n) is 3.42. The quantitative estimate of drug-likeness (QED) is 0.360. The van der Waals surface area contributed by atoms with Gasteiger partial charge in [-0.3, -0.25) is 4.79 Å². The Balaban J connectivity index is 2.75. The average molecular weight is 267 g/mol. The van der Waals surface area contributed by atoms with Crippen LogP contribution in [-0.4, -0.2) is 34.4 Å². The number of amidine groups is 1. The van der Waals surface area contributed by atoms with Gasteiger partial charge in [0.05, 0.1) is 13.5 Å². The smallest absolute Gasteiger partial charge is 0.252 e. The highest BCUT2D eigenvalue weighted by Gasteiger charge is 2.16. The standard InChI is InChI=1S/C11H13N3O3S/c1-13(14(16)17)11(18-2)12-10(15)8-9-6-4-3-5-7-9/h3-7H,8H2,1-2H3. The van der Waals surface area contributed by atoms with E-state index < -0.39 is 10.9 Å². The van der Waals surface area contributed by atoms with Crippen LogP contribution >= 0.6 is 11.8 Å². The molecule has 1 aromatic rings. The van der Waals surface area contributed by atoms with Crippen LogP contribution in [0.4, 0.5) is 0 Å². The van der Waals surface area contributed by atoms with Crippen LogP contribution in [0.2, 0.25) is 0 Å². The fourth-order valence-corrected chi connectivity index (χ4v) is 1.76. The van der Waals surface area contributed by atoms with Crippen molar-refractivity contribution in [3.8, 4) is 0 Å². The zero-order valence-corrected chi connectivity index (χ0v) is 10.9. The van der Waals surface area contributed by atoms with E-state index in [0.29, 0.717) is 0 Å². The molecule has 0 aliphatic heterocycles. The number of hydrazine groups is 1. The molecule has 6 nitrogen and oxygen atoms in total. The molecule has 96 valence electrons. The molecule has 0 bridgehead atoms. The monoisotopic (exact) mass is 267 g/mol. The molecule has 0 heterocycles. The maximum Gasteiger partial charge on any atom is 0.252 e. The van der Waals surface area contributed by atoms with E-state index in [1.54, 1.807) is 6.26 Å². The van der Waals surface area contributed by atoms with Crippen molar-refractivity contribution < 1.29 is 9.83 Å². The molecule has 0 saturated heterocycles. The average Bonchev–Trinajstić information content (AvgIpc) is 2.36. The number of nitro groups is 1. The van der Waals surface area contributed by atoms with Crippen molar-refractivity contribution in [1.29, 1.82) is 0 Å². The van der Waals surface area contributed by atoms with Gasteiger partial charge in [-0.15, -0.1) is 0 Å². The van der Waals surface area contributed by atoms with Gasteiger partial charge in [-0.1, -0.05) is 47.1 Å². The van der Waals surface area contributed by atoms with E-state index in [1.807, 2.05) is 30.3 Å². The van der Waals surface area contributed by atoms with Crippen molar-refractivity contribution >= 4 is 22.8 Å². The third kappa shape index (κ3) is 4.17. The molecule has 7 heteroatoms. The summed E-state index contributed by atoms with van der Waals surface area (Å²) in [5.74, 6) is -0.403. The minimum atomic E-state index is -0.620. The number of aliphatic imine (C=N–C) groups is 1. The van der Waals surface area contributed by atoms with Crippen molar-refractivity contribution in [3.05, 3.63) is 46.0 Å².